The van der Waals surface area contributed by atoms with Gasteiger partial charge in [0.15, 0.2) is 0 Å². The Labute approximate surface area is 69.8 Å². The normalized spacial score (nSPS) is 39.0. The predicted molar refractivity (Wildman–Crippen MR) is 47.6 cm³/mol. The molecule has 1 aliphatic carbocycles. The topological polar surface area (TPSA) is 3.24 Å². The van der Waals surface area contributed by atoms with Crippen LogP contribution in [-0.2, 0) is 0 Å². The van der Waals surface area contributed by atoms with Crippen LogP contribution in [0.5, 0.6) is 0 Å². The van der Waals surface area contributed by atoms with Crippen LogP contribution in [0.25, 0.3) is 0 Å². The monoisotopic (exact) mass is 153 g/mol. The van der Waals surface area contributed by atoms with E-state index in [1.807, 2.05) is 0 Å². The first kappa shape index (κ1) is 7.60. The van der Waals surface area contributed by atoms with Crippen LogP contribution in [0.3, 0.4) is 0 Å². The molecule has 2 fully saturated rings. The molecule has 1 heterocycles. The summed E-state index contributed by atoms with van der Waals surface area (Å²) in [5, 5.41) is 0. The predicted octanol–water partition coefficient (Wildman–Crippen LogP) is 2.13. The Bertz CT molecular complexity index is 133. The molecule has 2 unspecified atom stereocenters. The highest BCUT2D eigenvalue weighted by Gasteiger charge is 2.31. The molecule has 64 valence electrons. The zero-order valence-electron chi connectivity index (χ0n) is 7.55. The van der Waals surface area contributed by atoms with E-state index in [0.29, 0.717) is 0 Å². The summed E-state index contributed by atoms with van der Waals surface area (Å²) >= 11 is 0. The maximum atomic E-state index is 2.62. The van der Waals surface area contributed by atoms with Gasteiger partial charge in [-0.3, -0.25) is 0 Å². The van der Waals surface area contributed by atoms with E-state index in [0.717, 1.165) is 11.8 Å². The number of hydrogen-bond donors (Lipinski definition) is 0. The molecule has 0 aromatic rings. The van der Waals surface area contributed by atoms with Crippen LogP contribution < -0.4 is 0 Å². The number of hydrogen-bond acceptors (Lipinski definition) is 1. The number of rotatable bonds is 1. The number of nitrogens with zero attached hydrogens (tertiary/aromatic N) is 1. The van der Waals surface area contributed by atoms with Crippen molar-refractivity contribution in [3.8, 4) is 0 Å². The van der Waals surface area contributed by atoms with Gasteiger partial charge in [-0.2, -0.15) is 0 Å². The van der Waals surface area contributed by atoms with Crippen molar-refractivity contribution in [3.63, 3.8) is 0 Å². The van der Waals surface area contributed by atoms with Gasteiger partial charge in [-0.1, -0.05) is 19.8 Å². The summed E-state index contributed by atoms with van der Waals surface area (Å²) in [7, 11) is 0. The highest BCUT2D eigenvalue weighted by Crippen LogP contribution is 2.37. The van der Waals surface area contributed by atoms with E-state index in [2.05, 4.69) is 11.8 Å². The molecule has 0 amide bonds. The molecule has 2 aliphatic rings. The molecule has 0 spiro atoms. The van der Waals surface area contributed by atoms with Crippen molar-refractivity contribution in [2.24, 2.45) is 11.8 Å². The van der Waals surface area contributed by atoms with Gasteiger partial charge < -0.3 is 4.90 Å². The Morgan fingerprint density at radius 2 is 2.00 bits per heavy atom. The largest absolute Gasteiger partial charge is 0.303 e. The van der Waals surface area contributed by atoms with E-state index in [-0.39, 0.29) is 0 Å². The van der Waals surface area contributed by atoms with Crippen LogP contribution >= 0.6 is 0 Å². The van der Waals surface area contributed by atoms with Crippen LogP contribution in [0.4, 0.5) is 0 Å². The van der Waals surface area contributed by atoms with Crippen molar-refractivity contribution in [2.75, 3.05) is 19.6 Å². The van der Waals surface area contributed by atoms with Crippen LogP contribution in [-0.4, -0.2) is 24.5 Å². The second-order valence-corrected chi connectivity index (χ2v) is 4.13. The third-order valence-electron chi connectivity index (χ3n) is 3.57. The van der Waals surface area contributed by atoms with Crippen LogP contribution in [0.2, 0.25) is 0 Å². The third kappa shape index (κ3) is 1.44. The minimum Gasteiger partial charge on any atom is -0.303 e. The third-order valence-corrected chi connectivity index (χ3v) is 3.57. The summed E-state index contributed by atoms with van der Waals surface area (Å²) in [6, 6.07) is 0. The molecule has 0 bridgehead atoms. The molecule has 1 saturated carbocycles. The van der Waals surface area contributed by atoms with Gasteiger partial charge in [0, 0.05) is 6.54 Å². The second kappa shape index (κ2) is 3.14. The van der Waals surface area contributed by atoms with E-state index in [1.54, 1.807) is 0 Å². The first-order valence-electron chi connectivity index (χ1n) is 5.12. The molecule has 2 atom stereocenters. The maximum Gasteiger partial charge on any atom is 0.00122 e. The maximum absolute atomic E-state index is 2.62. The Morgan fingerprint density at radius 1 is 1.18 bits per heavy atom. The van der Waals surface area contributed by atoms with Gasteiger partial charge in [-0.05, 0) is 37.8 Å². The SMILES string of the molecule is CCN1CCC2CCCC2C1. The number of fused-ring (bicyclic) bond motifs is 1. The highest BCUT2D eigenvalue weighted by molar-refractivity contribution is 4.84. The van der Waals surface area contributed by atoms with Crippen molar-refractivity contribution < 1.29 is 0 Å². The quantitative estimate of drug-likeness (QED) is 0.558. The van der Waals surface area contributed by atoms with Crippen LogP contribution in [0.1, 0.15) is 32.6 Å². The van der Waals surface area contributed by atoms with Gasteiger partial charge in [0.2, 0.25) is 0 Å². The molecule has 2 rings (SSSR count). The number of piperidine rings is 1. The summed E-state index contributed by atoms with van der Waals surface area (Å²) in [5.41, 5.74) is 0. The van der Waals surface area contributed by atoms with E-state index in [9.17, 15) is 0 Å². The first-order valence-corrected chi connectivity index (χ1v) is 5.12. The lowest BCUT2D eigenvalue weighted by molar-refractivity contribution is 0.144. The molecule has 1 saturated heterocycles. The molecule has 1 aliphatic heterocycles. The van der Waals surface area contributed by atoms with Crippen molar-refractivity contribution in [1.82, 2.24) is 4.90 Å². The molecule has 0 aromatic carbocycles. The Morgan fingerprint density at radius 3 is 2.82 bits per heavy atom. The van der Waals surface area contributed by atoms with E-state index < -0.39 is 0 Å². The molecular formula is C10H19N. The summed E-state index contributed by atoms with van der Waals surface area (Å²) in [5.74, 6) is 2.18. The van der Waals surface area contributed by atoms with E-state index in [4.69, 9.17) is 0 Å². The Balaban J connectivity index is 1.91. The molecule has 1 nitrogen and oxygen atoms in total. The van der Waals surface area contributed by atoms with Crippen molar-refractivity contribution >= 4 is 0 Å². The lowest BCUT2D eigenvalue weighted by atomic mass is 9.89. The van der Waals surface area contributed by atoms with E-state index >= 15 is 0 Å². The Hall–Kier alpha value is -0.0400. The van der Waals surface area contributed by atoms with Crippen molar-refractivity contribution in [2.45, 2.75) is 32.6 Å². The summed E-state index contributed by atoms with van der Waals surface area (Å²) in [6.45, 7) is 6.33. The summed E-state index contributed by atoms with van der Waals surface area (Å²) in [4.78, 5) is 2.62. The smallest absolute Gasteiger partial charge is 0.00122 e. The lowest BCUT2D eigenvalue weighted by Gasteiger charge is -2.34. The summed E-state index contributed by atoms with van der Waals surface area (Å²) in [6.07, 6.45) is 6.04. The molecular weight excluding hydrogens is 134 g/mol. The van der Waals surface area contributed by atoms with E-state index in [1.165, 1.54) is 45.3 Å². The fraction of sp³-hybridized carbons (Fsp3) is 1.00. The fourth-order valence-corrected chi connectivity index (χ4v) is 2.79. The van der Waals surface area contributed by atoms with Gasteiger partial charge in [0.25, 0.3) is 0 Å². The summed E-state index contributed by atoms with van der Waals surface area (Å²) < 4.78 is 0. The van der Waals surface area contributed by atoms with Gasteiger partial charge in [0.1, 0.15) is 0 Å². The minimum absolute atomic E-state index is 1.07. The van der Waals surface area contributed by atoms with Gasteiger partial charge in [-0.25, -0.2) is 0 Å². The average Bonchev–Trinajstić information content (AvgIpc) is 2.50. The Kier molecular flexibility index (Phi) is 2.17. The average molecular weight is 153 g/mol. The second-order valence-electron chi connectivity index (χ2n) is 4.13. The zero-order chi connectivity index (χ0) is 7.68. The van der Waals surface area contributed by atoms with Crippen LogP contribution in [0.15, 0.2) is 0 Å². The fourth-order valence-electron chi connectivity index (χ4n) is 2.79. The van der Waals surface area contributed by atoms with Crippen molar-refractivity contribution in [3.05, 3.63) is 0 Å². The van der Waals surface area contributed by atoms with Crippen molar-refractivity contribution in [1.29, 1.82) is 0 Å². The molecule has 0 N–H and O–H groups in total. The zero-order valence-corrected chi connectivity index (χ0v) is 7.55. The first-order chi connectivity index (χ1) is 5.40. The van der Waals surface area contributed by atoms with Crippen LogP contribution in [0, 0.1) is 11.8 Å². The highest BCUT2D eigenvalue weighted by atomic mass is 15.1. The number of likely N-dealkylation sites (tertiary alicyclic amines) is 1. The van der Waals surface area contributed by atoms with Gasteiger partial charge in [-0.15, -0.1) is 0 Å². The van der Waals surface area contributed by atoms with Gasteiger partial charge in [0.05, 0.1) is 0 Å². The minimum atomic E-state index is 1.07. The lowest BCUT2D eigenvalue weighted by Crippen LogP contribution is -2.38. The van der Waals surface area contributed by atoms with Gasteiger partial charge >= 0.3 is 0 Å². The molecule has 0 radical (unpaired) electrons. The molecule has 0 aromatic heterocycles. The standard InChI is InChI=1S/C10H19N/c1-2-11-7-6-9-4-3-5-10(9)8-11/h9-10H,2-8H2,1H3. The molecule has 1 heteroatoms. The molecule has 11 heavy (non-hydrogen) atoms.